The summed E-state index contributed by atoms with van der Waals surface area (Å²) in [4.78, 5) is 67.6. The molecule has 0 radical (unpaired) electrons. The number of methoxy groups -OCH3 is 1. The molecule has 0 saturated heterocycles. The van der Waals surface area contributed by atoms with Crippen LogP contribution < -0.4 is 20.3 Å². The molecule has 8 fully saturated rings. The van der Waals surface area contributed by atoms with E-state index in [9.17, 15) is 41.2 Å². The van der Waals surface area contributed by atoms with E-state index in [4.69, 9.17) is 28.2 Å². The number of hydrogen-bond donors (Lipinski definition) is 1. The van der Waals surface area contributed by atoms with Crippen molar-refractivity contribution in [1.29, 1.82) is 0 Å². The van der Waals surface area contributed by atoms with Crippen LogP contribution >= 0.6 is 0 Å². The fourth-order valence-corrected chi connectivity index (χ4v) is 18.2. The Morgan fingerprint density at radius 1 is 0.750 bits per heavy atom. The van der Waals surface area contributed by atoms with Crippen molar-refractivity contribution in [3.05, 3.63) is 83.9 Å². The summed E-state index contributed by atoms with van der Waals surface area (Å²) in [6, 6.07) is 19.3. The Morgan fingerprint density at radius 2 is 1.39 bits per heavy atom. The van der Waals surface area contributed by atoms with E-state index in [1.54, 1.807) is 6.07 Å². The number of halogens is 2. The molecule has 12 rings (SSSR count). The number of alkyl halides is 2. The molecular weight excluding hydrogens is 971 g/mol. The highest BCUT2D eigenvalue weighted by atomic mass is 32.2. The molecule has 18 heteroatoms. The lowest BCUT2D eigenvalue weighted by Gasteiger charge is -2.59. The van der Waals surface area contributed by atoms with Crippen LogP contribution in [0, 0.1) is 47.3 Å². The summed E-state index contributed by atoms with van der Waals surface area (Å²) < 4.78 is 91.1. The van der Waals surface area contributed by atoms with Crippen molar-refractivity contribution in [2.75, 3.05) is 26.9 Å². The van der Waals surface area contributed by atoms with Gasteiger partial charge in [-0.1, -0.05) is 66.4 Å². The lowest BCUT2D eigenvalue weighted by molar-refractivity contribution is -0.207. The van der Waals surface area contributed by atoms with E-state index in [0.717, 1.165) is 78.1 Å². The molecule has 8 aliphatic carbocycles. The van der Waals surface area contributed by atoms with Crippen LogP contribution in [0.4, 0.5) is 8.78 Å². The fraction of sp³-hybridized carbons (Fsp3) is 0.537. The summed E-state index contributed by atoms with van der Waals surface area (Å²) in [5.41, 5.74) is 1.68. The highest BCUT2D eigenvalue weighted by molar-refractivity contribution is 7.86. The van der Waals surface area contributed by atoms with Gasteiger partial charge in [0.1, 0.15) is 25.7 Å². The molecule has 384 valence electrons. The first kappa shape index (κ1) is 50.1. The minimum Gasteiger partial charge on any atom is -0.496 e. The van der Waals surface area contributed by atoms with Crippen LogP contribution in [-0.4, -0.2) is 95.0 Å². The predicted molar refractivity (Wildman–Crippen MR) is 259 cm³/mol. The second kappa shape index (κ2) is 18.8. The van der Waals surface area contributed by atoms with E-state index >= 15 is 0 Å². The normalized spacial score (nSPS) is 30.5. The van der Waals surface area contributed by atoms with Crippen molar-refractivity contribution in [2.24, 2.45) is 47.3 Å². The van der Waals surface area contributed by atoms with Gasteiger partial charge in [0.15, 0.2) is 19.8 Å². The molecule has 1 heterocycles. The van der Waals surface area contributed by atoms with Gasteiger partial charge in [-0.15, -0.1) is 0 Å². The van der Waals surface area contributed by atoms with E-state index in [0.29, 0.717) is 40.5 Å². The van der Waals surface area contributed by atoms with Crippen LogP contribution in [0.1, 0.15) is 95.1 Å². The third-order valence-corrected chi connectivity index (χ3v) is 21.8. The standard InChI is InChI=1S/C54H60F2O14SSi/c1-29(50(60)66-26-48(58)68-28-54(55,56)71(62,63)64)13-30-9-11-40-39-7-5-6-8-45(39)72(46(40)22-30)38-10-12-44(65-4)41(24-38)42(25-47(57)69-53(3)37-20-33-15-34(23-37)43(53)21-33)51(61)67-27-49(59)70-52(2)35-16-31-14-32(18-35)19-36(52)17-31/h5-12,22,24,31-37,42-43,72H,1,13-21,23,25-28H2,2-4H3,(H,62,63,64). The summed E-state index contributed by atoms with van der Waals surface area (Å²) in [5, 5.41) is -1.82. The number of hydrogen-bond acceptors (Lipinski definition) is 13. The number of fused-ring (bicyclic) bond motifs is 3. The Bertz CT molecular complexity index is 2820. The number of ether oxygens (including phenoxy) is 6. The van der Waals surface area contributed by atoms with Crippen LogP contribution in [0.15, 0.2) is 72.8 Å². The summed E-state index contributed by atoms with van der Waals surface area (Å²) in [7, 11) is -6.77. The molecule has 9 aliphatic rings. The van der Waals surface area contributed by atoms with Gasteiger partial charge in [-0.3, -0.25) is 14.1 Å². The largest absolute Gasteiger partial charge is 0.496 e. The number of rotatable bonds is 18. The molecule has 1 aliphatic heterocycles. The van der Waals surface area contributed by atoms with Crippen molar-refractivity contribution >= 4 is 64.3 Å². The molecule has 3 aromatic rings. The Balaban J connectivity index is 0.897. The summed E-state index contributed by atoms with van der Waals surface area (Å²) >= 11 is 0. The van der Waals surface area contributed by atoms with Crippen molar-refractivity contribution < 1.29 is 74.1 Å². The molecule has 0 aromatic heterocycles. The second-order valence-electron chi connectivity index (χ2n) is 21.9. The van der Waals surface area contributed by atoms with E-state index in [2.05, 4.69) is 17.4 Å². The van der Waals surface area contributed by atoms with Gasteiger partial charge >= 0.3 is 45.2 Å². The van der Waals surface area contributed by atoms with Crippen LogP contribution in [0.3, 0.4) is 0 Å². The number of carbonyl (C=O) groups is 5. The van der Waals surface area contributed by atoms with Crippen molar-refractivity contribution in [2.45, 2.75) is 107 Å². The molecular formula is C54H60F2O14SSi. The van der Waals surface area contributed by atoms with Gasteiger partial charge in [0, 0.05) is 23.5 Å². The fourth-order valence-electron chi connectivity index (χ4n) is 14.5. The summed E-state index contributed by atoms with van der Waals surface area (Å²) in [6.45, 7) is 4.18. The predicted octanol–water partition coefficient (Wildman–Crippen LogP) is 5.73. The van der Waals surface area contributed by atoms with Crippen molar-refractivity contribution in [3.63, 3.8) is 0 Å². The van der Waals surface area contributed by atoms with Crippen molar-refractivity contribution in [3.8, 4) is 16.9 Å². The number of benzene rings is 3. The molecule has 14 nitrogen and oxygen atoms in total. The van der Waals surface area contributed by atoms with Gasteiger partial charge < -0.3 is 28.4 Å². The maximum absolute atomic E-state index is 14.6. The summed E-state index contributed by atoms with van der Waals surface area (Å²) in [6.07, 6.45) is 9.22. The zero-order chi connectivity index (χ0) is 51.1. The van der Waals surface area contributed by atoms with Gasteiger partial charge in [-0.25, -0.2) is 14.4 Å². The topological polar surface area (TPSA) is 195 Å². The number of esters is 5. The highest BCUT2D eigenvalue weighted by Crippen LogP contribution is 2.64. The van der Waals surface area contributed by atoms with Crippen LogP contribution in [-0.2, 0) is 64.2 Å². The molecule has 7 unspecified atom stereocenters. The lowest BCUT2D eigenvalue weighted by atomic mass is 9.50. The van der Waals surface area contributed by atoms with E-state index < -0.39 is 91.0 Å². The highest BCUT2D eigenvalue weighted by Gasteiger charge is 2.62. The first-order chi connectivity index (χ1) is 34.1. The minimum atomic E-state index is -5.84. The van der Waals surface area contributed by atoms with Gasteiger partial charge in [-0.2, -0.15) is 17.2 Å². The Hall–Kier alpha value is -5.46. The maximum Gasteiger partial charge on any atom is 0.402 e. The Morgan fingerprint density at radius 3 is 2.07 bits per heavy atom. The van der Waals surface area contributed by atoms with E-state index in [1.165, 1.54) is 13.5 Å². The molecule has 0 spiro atoms. The van der Waals surface area contributed by atoms with E-state index in [1.807, 2.05) is 62.4 Å². The quantitative estimate of drug-likeness (QED) is 0.0417. The second-order valence-corrected chi connectivity index (χ2v) is 26.3. The Labute approximate surface area is 418 Å². The minimum absolute atomic E-state index is 0.0324. The average Bonchev–Trinajstić information content (AvgIpc) is 3.89. The van der Waals surface area contributed by atoms with Gasteiger partial charge in [0.2, 0.25) is 0 Å². The molecule has 8 bridgehead atoms. The van der Waals surface area contributed by atoms with Crippen molar-refractivity contribution in [1.82, 2.24) is 0 Å². The van der Waals surface area contributed by atoms with Crippen LogP contribution in [0.2, 0.25) is 0 Å². The molecule has 1 N–H and O–H groups in total. The van der Waals surface area contributed by atoms with Crippen LogP contribution in [0.25, 0.3) is 11.1 Å². The lowest BCUT2D eigenvalue weighted by Crippen LogP contribution is -2.58. The summed E-state index contributed by atoms with van der Waals surface area (Å²) in [5.74, 6) is -1.70. The van der Waals surface area contributed by atoms with Crippen LogP contribution in [0.5, 0.6) is 5.75 Å². The molecule has 72 heavy (non-hydrogen) atoms. The van der Waals surface area contributed by atoms with E-state index in [-0.39, 0.29) is 42.1 Å². The average molecular weight is 1030 g/mol. The smallest absolute Gasteiger partial charge is 0.402 e. The first-order valence-electron chi connectivity index (χ1n) is 25.0. The Kier molecular flexibility index (Phi) is 13.1. The SMILES string of the molecule is C=C(Cc1ccc2c(c1)[SiH](c1ccc(OC)c(C(CC(=O)OC3(C)C4CC5CC(C4)C3C5)C(=O)OCC(=O)OC3(C)C4CC5CC(C4)CC3C5)c1)c1ccccc1-2)C(=O)OCC(=O)OCC(F)(F)S(=O)(=O)O. The third kappa shape index (κ3) is 9.17. The van der Waals surface area contributed by atoms with Gasteiger partial charge in [0.05, 0.1) is 19.4 Å². The van der Waals surface area contributed by atoms with Gasteiger partial charge in [0.25, 0.3) is 0 Å². The molecule has 3 aromatic carbocycles. The maximum atomic E-state index is 14.6. The molecule has 7 atom stereocenters. The van der Waals surface area contributed by atoms with Gasteiger partial charge in [-0.05, 0) is 146 Å². The first-order valence-corrected chi connectivity index (χ1v) is 28.2. The molecule has 8 saturated carbocycles. The third-order valence-electron chi connectivity index (χ3n) is 17.7. The number of carbonyl (C=O) groups excluding carboxylic acids is 5. The zero-order valence-corrected chi connectivity index (χ0v) is 42.5. The monoisotopic (exact) mass is 1030 g/mol. The zero-order valence-electron chi connectivity index (χ0n) is 40.6. The molecule has 0 amide bonds.